The van der Waals surface area contributed by atoms with Crippen LogP contribution in [0, 0.1) is 20.8 Å². The SMILES string of the molecule is CCCCn1c(SCC(=O)Nc2c(C)nn(-c3ccc(C)cc3)c2C)nc2ccccc2c1=O. The number of unbranched alkanes of at least 4 members (excludes halogenated alkanes) is 1. The molecule has 0 saturated heterocycles. The number of anilines is 1. The molecule has 8 heteroatoms. The van der Waals surface area contributed by atoms with Gasteiger partial charge in [0.2, 0.25) is 5.91 Å². The van der Waals surface area contributed by atoms with E-state index in [1.807, 2.05) is 67.9 Å². The number of nitrogens with one attached hydrogen (secondary N) is 1. The van der Waals surface area contributed by atoms with Gasteiger partial charge in [-0.05, 0) is 51.5 Å². The summed E-state index contributed by atoms with van der Waals surface area (Å²) in [4.78, 5) is 30.6. The van der Waals surface area contributed by atoms with E-state index >= 15 is 0 Å². The van der Waals surface area contributed by atoms with Crippen LogP contribution in [0.1, 0.15) is 36.7 Å². The van der Waals surface area contributed by atoms with E-state index in [4.69, 9.17) is 0 Å². The lowest BCUT2D eigenvalue weighted by Gasteiger charge is -2.13. The molecular weight excluding hydrogens is 446 g/mol. The van der Waals surface area contributed by atoms with Gasteiger partial charge in [0.25, 0.3) is 5.56 Å². The fourth-order valence-corrected chi connectivity index (χ4v) is 4.66. The van der Waals surface area contributed by atoms with Crippen LogP contribution >= 0.6 is 11.8 Å². The van der Waals surface area contributed by atoms with Crippen molar-refractivity contribution in [3.63, 3.8) is 0 Å². The van der Waals surface area contributed by atoms with Gasteiger partial charge in [-0.2, -0.15) is 5.10 Å². The molecule has 34 heavy (non-hydrogen) atoms. The maximum absolute atomic E-state index is 13.0. The maximum atomic E-state index is 13.0. The zero-order chi connectivity index (χ0) is 24.2. The predicted molar refractivity (Wildman–Crippen MR) is 138 cm³/mol. The molecule has 7 nitrogen and oxygen atoms in total. The molecule has 0 bridgehead atoms. The Balaban J connectivity index is 1.54. The molecule has 0 unspecified atom stereocenters. The van der Waals surface area contributed by atoms with Gasteiger partial charge in [-0.15, -0.1) is 0 Å². The Morgan fingerprint density at radius 3 is 2.53 bits per heavy atom. The molecule has 0 aliphatic heterocycles. The van der Waals surface area contributed by atoms with Gasteiger partial charge in [-0.25, -0.2) is 9.67 Å². The number of para-hydroxylation sites is 1. The van der Waals surface area contributed by atoms with Gasteiger partial charge in [0, 0.05) is 6.54 Å². The maximum Gasteiger partial charge on any atom is 0.262 e. The lowest BCUT2D eigenvalue weighted by molar-refractivity contribution is -0.113. The molecule has 0 spiro atoms. The van der Waals surface area contributed by atoms with Gasteiger partial charge in [-0.3, -0.25) is 14.2 Å². The molecule has 2 aromatic heterocycles. The highest BCUT2D eigenvalue weighted by Crippen LogP contribution is 2.24. The van der Waals surface area contributed by atoms with Gasteiger partial charge >= 0.3 is 0 Å². The van der Waals surface area contributed by atoms with Crippen LogP contribution in [-0.2, 0) is 11.3 Å². The third-order valence-electron chi connectivity index (χ3n) is 5.73. The van der Waals surface area contributed by atoms with Crippen molar-refractivity contribution >= 4 is 34.3 Å². The number of amides is 1. The molecule has 0 aliphatic carbocycles. The smallest absolute Gasteiger partial charge is 0.262 e. The predicted octanol–water partition coefficient (Wildman–Crippen LogP) is 5.04. The van der Waals surface area contributed by atoms with Crippen LogP contribution in [0.25, 0.3) is 16.6 Å². The fraction of sp³-hybridized carbons (Fsp3) is 0.308. The first kappa shape index (κ1) is 23.8. The van der Waals surface area contributed by atoms with Crippen molar-refractivity contribution in [1.82, 2.24) is 19.3 Å². The summed E-state index contributed by atoms with van der Waals surface area (Å²) < 4.78 is 3.53. The molecular formula is C26H29N5O2S. The molecule has 2 heterocycles. The molecule has 0 aliphatic rings. The van der Waals surface area contributed by atoms with Crippen molar-refractivity contribution < 1.29 is 4.79 Å². The number of carbonyl (C=O) groups excluding carboxylic acids is 1. The second kappa shape index (κ2) is 10.3. The third-order valence-corrected chi connectivity index (χ3v) is 6.70. The average Bonchev–Trinajstić information content (AvgIpc) is 3.11. The Morgan fingerprint density at radius 1 is 1.06 bits per heavy atom. The van der Waals surface area contributed by atoms with Crippen molar-refractivity contribution in [2.45, 2.75) is 52.2 Å². The summed E-state index contributed by atoms with van der Waals surface area (Å²) in [5.74, 6) is -0.0185. The van der Waals surface area contributed by atoms with Crippen molar-refractivity contribution in [2.24, 2.45) is 0 Å². The summed E-state index contributed by atoms with van der Waals surface area (Å²) in [6.07, 6.45) is 1.84. The van der Waals surface area contributed by atoms with Gasteiger partial charge in [0.1, 0.15) is 0 Å². The quantitative estimate of drug-likeness (QED) is 0.285. The summed E-state index contributed by atoms with van der Waals surface area (Å²) in [6, 6.07) is 15.4. The van der Waals surface area contributed by atoms with Gasteiger partial charge in [-0.1, -0.05) is 54.9 Å². The minimum Gasteiger partial charge on any atom is -0.322 e. The van der Waals surface area contributed by atoms with Crippen LogP contribution in [-0.4, -0.2) is 31.0 Å². The standard InChI is InChI=1S/C26H29N5O2S/c1-5-6-15-30-25(33)21-9-7-8-10-22(21)27-26(30)34-16-23(32)28-24-18(3)29-31(19(24)4)20-13-11-17(2)12-14-20/h7-14H,5-6,15-16H2,1-4H3,(H,28,32). The van der Waals surface area contributed by atoms with Crippen LogP contribution in [0.5, 0.6) is 0 Å². The average molecular weight is 476 g/mol. The van der Waals surface area contributed by atoms with Crippen molar-refractivity contribution in [2.75, 3.05) is 11.1 Å². The summed E-state index contributed by atoms with van der Waals surface area (Å²) in [6.45, 7) is 8.53. The van der Waals surface area contributed by atoms with Crippen LogP contribution < -0.4 is 10.9 Å². The second-order valence-electron chi connectivity index (χ2n) is 8.35. The highest BCUT2D eigenvalue weighted by atomic mass is 32.2. The van der Waals surface area contributed by atoms with E-state index in [2.05, 4.69) is 22.3 Å². The van der Waals surface area contributed by atoms with E-state index in [1.54, 1.807) is 10.6 Å². The van der Waals surface area contributed by atoms with Crippen LogP contribution in [0.3, 0.4) is 0 Å². The van der Waals surface area contributed by atoms with E-state index in [9.17, 15) is 9.59 Å². The zero-order valence-electron chi connectivity index (χ0n) is 20.0. The molecule has 2 aromatic carbocycles. The molecule has 1 N–H and O–H groups in total. The Morgan fingerprint density at radius 2 is 1.79 bits per heavy atom. The first-order valence-corrected chi connectivity index (χ1v) is 12.4. The first-order valence-electron chi connectivity index (χ1n) is 11.4. The fourth-order valence-electron chi connectivity index (χ4n) is 3.84. The number of rotatable bonds is 8. The molecule has 0 radical (unpaired) electrons. The number of hydrogen-bond donors (Lipinski definition) is 1. The Hall–Kier alpha value is -3.39. The highest BCUT2D eigenvalue weighted by Gasteiger charge is 2.17. The molecule has 176 valence electrons. The number of fused-ring (bicyclic) bond motifs is 1. The summed E-state index contributed by atoms with van der Waals surface area (Å²) >= 11 is 1.28. The number of benzene rings is 2. The van der Waals surface area contributed by atoms with E-state index in [0.29, 0.717) is 28.3 Å². The van der Waals surface area contributed by atoms with Crippen LogP contribution in [0.15, 0.2) is 58.5 Å². The topological polar surface area (TPSA) is 81.8 Å². The molecule has 0 saturated carbocycles. The van der Waals surface area contributed by atoms with Crippen molar-refractivity contribution in [3.05, 3.63) is 75.8 Å². The van der Waals surface area contributed by atoms with E-state index < -0.39 is 0 Å². The Labute approximate surface area is 203 Å². The third kappa shape index (κ3) is 4.92. The molecule has 0 atom stereocenters. The molecule has 4 rings (SSSR count). The summed E-state index contributed by atoms with van der Waals surface area (Å²) in [5.41, 5.74) is 5.03. The van der Waals surface area contributed by atoms with E-state index in [0.717, 1.165) is 29.9 Å². The number of aryl methyl sites for hydroxylation is 2. The number of carbonyl (C=O) groups is 1. The van der Waals surface area contributed by atoms with E-state index in [1.165, 1.54) is 17.3 Å². The lowest BCUT2D eigenvalue weighted by Crippen LogP contribution is -2.24. The first-order chi connectivity index (χ1) is 16.4. The lowest BCUT2D eigenvalue weighted by atomic mass is 10.2. The number of aromatic nitrogens is 4. The normalized spacial score (nSPS) is 11.2. The highest BCUT2D eigenvalue weighted by molar-refractivity contribution is 7.99. The van der Waals surface area contributed by atoms with Crippen molar-refractivity contribution in [1.29, 1.82) is 0 Å². The minimum atomic E-state index is -0.163. The largest absolute Gasteiger partial charge is 0.322 e. The summed E-state index contributed by atoms with van der Waals surface area (Å²) in [7, 11) is 0. The molecule has 1 amide bonds. The van der Waals surface area contributed by atoms with Crippen LogP contribution in [0.4, 0.5) is 5.69 Å². The number of thioether (sulfide) groups is 1. The Bertz CT molecular complexity index is 1390. The van der Waals surface area contributed by atoms with Gasteiger partial charge in [0.05, 0.1) is 39.4 Å². The van der Waals surface area contributed by atoms with Gasteiger partial charge in [0.15, 0.2) is 5.16 Å². The van der Waals surface area contributed by atoms with Gasteiger partial charge < -0.3 is 5.32 Å². The monoisotopic (exact) mass is 475 g/mol. The number of nitrogens with zero attached hydrogens (tertiary/aromatic N) is 4. The van der Waals surface area contributed by atoms with Crippen LogP contribution in [0.2, 0.25) is 0 Å². The van der Waals surface area contributed by atoms with Crippen molar-refractivity contribution in [3.8, 4) is 5.69 Å². The molecule has 0 fully saturated rings. The minimum absolute atomic E-state index is 0.0620. The number of hydrogen-bond acceptors (Lipinski definition) is 5. The molecule has 4 aromatic rings. The summed E-state index contributed by atoms with van der Waals surface area (Å²) in [5, 5.41) is 8.78. The Kier molecular flexibility index (Phi) is 7.17. The van der Waals surface area contributed by atoms with E-state index in [-0.39, 0.29) is 17.2 Å². The second-order valence-corrected chi connectivity index (χ2v) is 9.29. The zero-order valence-corrected chi connectivity index (χ0v) is 20.8.